The van der Waals surface area contributed by atoms with Gasteiger partial charge in [0, 0.05) is 13.7 Å². The van der Waals surface area contributed by atoms with Crippen LogP contribution in [0.1, 0.15) is 0 Å². The standard InChI is InChI=1S/C8H17NO2/c1-4-5-11-8(6-9-2)7-10-3/h4,8-9H,1,5-7H2,2-3H3. The van der Waals surface area contributed by atoms with E-state index in [0.29, 0.717) is 13.2 Å². The molecule has 66 valence electrons. The Bertz CT molecular complexity index is 90.1. The molecule has 0 aliphatic carbocycles. The van der Waals surface area contributed by atoms with E-state index in [9.17, 15) is 0 Å². The summed E-state index contributed by atoms with van der Waals surface area (Å²) < 4.78 is 10.3. The quantitative estimate of drug-likeness (QED) is 0.546. The largest absolute Gasteiger partial charge is 0.382 e. The summed E-state index contributed by atoms with van der Waals surface area (Å²) in [5.74, 6) is 0. The third-order valence-electron chi connectivity index (χ3n) is 1.23. The Labute approximate surface area is 68.4 Å². The highest BCUT2D eigenvalue weighted by Gasteiger charge is 2.05. The van der Waals surface area contributed by atoms with E-state index in [1.54, 1.807) is 13.2 Å². The van der Waals surface area contributed by atoms with Gasteiger partial charge in [-0.25, -0.2) is 0 Å². The zero-order chi connectivity index (χ0) is 8.53. The molecule has 0 rings (SSSR count). The first-order valence-electron chi connectivity index (χ1n) is 3.71. The summed E-state index contributed by atoms with van der Waals surface area (Å²) in [5, 5.41) is 3.02. The average Bonchev–Trinajstić information content (AvgIpc) is 2.01. The molecule has 0 saturated carbocycles. The first kappa shape index (κ1) is 10.6. The Balaban J connectivity index is 3.41. The number of ether oxygens (including phenoxy) is 2. The maximum absolute atomic E-state index is 5.37. The molecular formula is C8H17NO2. The fourth-order valence-electron chi connectivity index (χ4n) is 0.784. The maximum Gasteiger partial charge on any atom is 0.0936 e. The van der Waals surface area contributed by atoms with Crippen molar-refractivity contribution in [2.24, 2.45) is 0 Å². The molecule has 3 nitrogen and oxygen atoms in total. The van der Waals surface area contributed by atoms with Crippen LogP contribution in [-0.4, -0.2) is 40.0 Å². The minimum Gasteiger partial charge on any atom is -0.382 e. The van der Waals surface area contributed by atoms with Crippen LogP contribution in [0, 0.1) is 0 Å². The van der Waals surface area contributed by atoms with Crippen LogP contribution >= 0.6 is 0 Å². The number of nitrogens with one attached hydrogen (secondary N) is 1. The van der Waals surface area contributed by atoms with Gasteiger partial charge in [0.05, 0.1) is 19.3 Å². The van der Waals surface area contributed by atoms with Crippen molar-refractivity contribution in [3.05, 3.63) is 12.7 Å². The van der Waals surface area contributed by atoms with Gasteiger partial charge in [-0.15, -0.1) is 6.58 Å². The highest BCUT2D eigenvalue weighted by Crippen LogP contribution is 1.90. The molecule has 11 heavy (non-hydrogen) atoms. The Morgan fingerprint density at radius 3 is 2.82 bits per heavy atom. The predicted molar refractivity (Wildman–Crippen MR) is 45.7 cm³/mol. The van der Waals surface area contributed by atoms with E-state index in [2.05, 4.69) is 11.9 Å². The van der Waals surface area contributed by atoms with Crippen molar-refractivity contribution < 1.29 is 9.47 Å². The summed E-state index contributed by atoms with van der Waals surface area (Å²) in [7, 11) is 3.56. The van der Waals surface area contributed by atoms with Crippen molar-refractivity contribution in [3.8, 4) is 0 Å². The molecule has 0 fully saturated rings. The lowest BCUT2D eigenvalue weighted by Crippen LogP contribution is -2.30. The Kier molecular flexibility index (Phi) is 7.46. The summed E-state index contributed by atoms with van der Waals surface area (Å²) in [4.78, 5) is 0. The van der Waals surface area contributed by atoms with E-state index in [4.69, 9.17) is 9.47 Å². The van der Waals surface area contributed by atoms with E-state index in [0.717, 1.165) is 6.54 Å². The van der Waals surface area contributed by atoms with E-state index in [-0.39, 0.29) is 6.10 Å². The van der Waals surface area contributed by atoms with Gasteiger partial charge in [0.1, 0.15) is 0 Å². The molecule has 0 saturated heterocycles. The highest BCUT2D eigenvalue weighted by atomic mass is 16.5. The van der Waals surface area contributed by atoms with E-state index >= 15 is 0 Å². The fraction of sp³-hybridized carbons (Fsp3) is 0.750. The molecule has 1 N–H and O–H groups in total. The SMILES string of the molecule is C=CCOC(CNC)COC. The Morgan fingerprint density at radius 1 is 1.64 bits per heavy atom. The summed E-state index contributed by atoms with van der Waals surface area (Å²) in [6.45, 7) is 5.57. The van der Waals surface area contributed by atoms with Crippen LogP contribution in [0.25, 0.3) is 0 Å². The van der Waals surface area contributed by atoms with E-state index in [1.165, 1.54) is 0 Å². The molecule has 0 amide bonds. The van der Waals surface area contributed by atoms with Crippen LogP contribution in [0.3, 0.4) is 0 Å². The zero-order valence-corrected chi connectivity index (χ0v) is 7.30. The van der Waals surface area contributed by atoms with Crippen molar-refractivity contribution in [1.82, 2.24) is 5.32 Å². The number of methoxy groups -OCH3 is 1. The van der Waals surface area contributed by atoms with Gasteiger partial charge in [0.25, 0.3) is 0 Å². The number of rotatable bonds is 7. The number of hydrogen-bond donors (Lipinski definition) is 1. The molecule has 0 aromatic carbocycles. The van der Waals surface area contributed by atoms with Crippen molar-refractivity contribution in [3.63, 3.8) is 0 Å². The van der Waals surface area contributed by atoms with E-state index < -0.39 is 0 Å². The van der Waals surface area contributed by atoms with Gasteiger partial charge in [-0.3, -0.25) is 0 Å². The number of hydrogen-bond acceptors (Lipinski definition) is 3. The summed E-state index contributed by atoms with van der Waals surface area (Å²) >= 11 is 0. The predicted octanol–water partition coefficient (Wildman–Crippen LogP) is 0.423. The van der Waals surface area contributed by atoms with Crippen LogP contribution in [0.2, 0.25) is 0 Å². The molecule has 0 spiro atoms. The van der Waals surface area contributed by atoms with Gasteiger partial charge >= 0.3 is 0 Å². The zero-order valence-electron chi connectivity index (χ0n) is 7.30. The number of likely N-dealkylation sites (N-methyl/N-ethyl adjacent to an activating group) is 1. The molecule has 1 atom stereocenters. The summed E-state index contributed by atoms with van der Waals surface area (Å²) in [5.41, 5.74) is 0. The Morgan fingerprint density at radius 2 is 2.36 bits per heavy atom. The maximum atomic E-state index is 5.37. The monoisotopic (exact) mass is 159 g/mol. The smallest absolute Gasteiger partial charge is 0.0936 e. The summed E-state index contributed by atoms with van der Waals surface area (Å²) in [6.07, 6.45) is 1.86. The molecule has 0 radical (unpaired) electrons. The van der Waals surface area contributed by atoms with Gasteiger partial charge in [0.2, 0.25) is 0 Å². The third-order valence-corrected chi connectivity index (χ3v) is 1.23. The van der Waals surface area contributed by atoms with Crippen LogP contribution in [-0.2, 0) is 9.47 Å². The van der Waals surface area contributed by atoms with Gasteiger partial charge in [-0.05, 0) is 7.05 Å². The molecule has 1 unspecified atom stereocenters. The molecule has 0 aromatic rings. The normalized spacial score (nSPS) is 12.9. The molecule has 3 heteroatoms. The molecule has 0 aliphatic heterocycles. The second-order valence-electron chi connectivity index (χ2n) is 2.26. The van der Waals surface area contributed by atoms with E-state index in [1.807, 2.05) is 7.05 Å². The van der Waals surface area contributed by atoms with Crippen LogP contribution in [0.4, 0.5) is 0 Å². The minimum atomic E-state index is 0.128. The van der Waals surface area contributed by atoms with Crippen molar-refractivity contribution in [2.45, 2.75) is 6.10 Å². The molecular weight excluding hydrogens is 142 g/mol. The molecule has 0 aliphatic rings. The Hall–Kier alpha value is -0.380. The van der Waals surface area contributed by atoms with Gasteiger partial charge in [-0.1, -0.05) is 6.08 Å². The van der Waals surface area contributed by atoms with Gasteiger partial charge < -0.3 is 14.8 Å². The second kappa shape index (κ2) is 7.72. The average molecular weight is 159 g/mol. The topological polar surface area (TPSA) is 30.5 Å². The summed E-state index contributed by atoms with van der Waals surface area (Å²) in [6, 6.07) is 0. The first-order valence-corrected chi connectivity index (χ1v) is 3.71. The minimum absolute atomic E-state index is 0.128. The van der Waals surface area contributed by atoms with Crippen LogP contribution in [0.5, 0.6) is 0 Å². The lowest BCUT2D eigenvalue weighted by atomic mass is 10.4. The first-order chi connectivity index (χ1) is 5.35. The lowest BCUT2D eigenvalue weighted by Gasteiger charge is -2.14. The molecule has 0 aromatic heterocycles. The van der Waals surface area contributed by atoms with Gasteiger partial charge in [0.15, 0.2) is 0 Å². The molecule has 0 heterocycles. The van der Waals surface area contributed by atoms with Crippen molar-refractivity contribution in [1.29, 1.82) is 0 Å². The fourth-order valence-corrected chi connectivity index (χ4v) is 0.784. The third kappa shape index (κ3) is 6.04. The second-order valence-corrected chi connectivity index (χ2v) is 2.26. The van der Waals surface area contributed by atoms with Crippen LogP contribution in [0.15, 0.2) is 12.7 Å². The highest BCUT2D eigenvalue weighted by molar-refractivity contribution is 4.67. The van der Waals surface area contributed by atoms with Crippen molar-refractivity contribution >= 4 is 0 Å². The van der Waals surface area contributed by atoms with Crippen molar-refractivity contribution in [2.75, 3.05) is 33.9 Å². The molecule has 0 bridgehead atoms. The van der Waals surface area contributed by atoms with Gasteiger partial charge in [-0.2, -0.15) is 0 Å². The lowest BCUT2D eigenvalue weighted by molar-refractivity contribution is 0.0131. The van der Waals surface area contributed by atoms with Crippen LogP contribution < -0.4 is 5.32 Å².